The average molecular weight is 440 g/mol. The smallest absolute Gasteiger partial charge is 0.234 e. The zero-order valence-electron chi connectivity index (χ0n) is 19.3. The predicted molar refractivity (Wildman–Crippen MR) is 129 cm³/mol. The Bertz CT molecular complexity index is 814. The van der Waals surface area contributed by atoms with Crippen LogP contribution in [-0.4, -0.2) is 55.5 Å². The molecule has 1 amide bonds. The number of hydrogen-bond acceptors (Lipinski definition) is 4. The highest BCUT2D eigenvalue weighted by Crippen LogP contribution is 2.13. The van der Waals surface area contributed by atoms with E-state index in [-0.39, 0.29) is 11.9 Å². The lowest BCUT2D eigenvalue weighted by Crippen LogP contribution is -2.50. The lowest BCUT2D eigenvalue weighted by atomic mass is 10.1. The minimum Gasteiger partial charge on any atom is -0.469 e. The van der Waals surface area contributed by atoms with Crippen LogP contribution in [-0.2, 0) is 11.2 Å². The summed E-state index contributed by atoms with van der Waals surface area (Å²) >= 11 is 0. The first kappa shape index (κ1) is 23.9. The number of guanidine groups is 1. The zero-order valence-corrected chi connectivity index (χ0v) is 19.3. The third kappa shape index (κ3) is 8.04. The number of likely N-dealkylation sites (tertiary alicyclic amines) is 1. The molecule has 7 nitrogen and oxygen atoms in total. The van der Waals surface area contributed by atoms with E-state index in [1.54, 1.807) is 6.26 Å². The second-order valence-electron chi connectivity index (χ2n) is 8.38. The maximum absolute atomic E-state index is 12.0. The summed E-state index contributed by atoms with van der Waals surface area (Å²) in [6.45, 7) is 7.92. The van der Waals surface area contributed by atoms with E-state index in [1.807, 2.05) is 18.2 Å². The molecular weight excluding hydrogens is 402 g/mol. The molecule has 0 saturated carbocycles. The van der Waals surface area contributed by atoms with Crippen LogP contribution in [0.2, 0.25) is 0 Å². The van der Waals surface area contributed by atoms with Gasteiger partial charge in [-0.25, -0.2) is 0 Å². The van der Waals surface area contributed by atoms with E-state index in [0.29, 0.717) is 19.1 Å². The molecule has 1 aromatic heterocycles. The molecule has 0 bridgehead atoms. The van der Waals surface area contributed by atoms with E-state index in [2.05, 4.69) is 59.0 Å². The van der Waals surface area contributed by atoms with Gasteiger partial charge in [-0.05, 0) is 43.9 Å². The van der Waals surface area contributed by atoms with Crippen molar-refractivity contribution in [2.75, 3.05) is 32.7 Å². The molecule has 32 heavy (non-hydrogen) atoms. The highest BCUT2D eigenvalue weighted by molar-refractivity contribution is 5.80. The molecule has 1 unspecified atom stereocenters. The molecule has 2 heterocycles. The van der Waals surface area contributed by atoms with E-state index >= 15 is 0 Å². The summed E-state index contributed by atoms with van der Waals surface area (Å²) in [5, 5.41) is 10.1. The van der Waals surface area contributed by atoms with Gasteiger partial charge in [-0.15, -0.1) is 0 Å². The SMILES string of the molecule is CCCNC(=O)CN1CCC(NC(=NCCc2ccco2)NC(C)c2ccccc2)CC1. The molecule has 0 radical (unpaired) electrons. The molecule has 174 valence electrons. The van der Waals surface area contributed by atoms with Crippen LogP contribution < -0.4 is 16.0 Å². The normalized spacial score (nSPS) is 16.5. The molecule has 2 aromatic rings. The van der Waals surface area contributed by atoms with Gasteiger partial charge in [-0.1, -0.05) is 37.3 Å². The maximum atomic E-state index is 12.0. The van der Waals surface area contributed by atoms with Gasteiger partial charge in [-0.3, -0.25) is 14.7 Å². The van der Waals surface area contributed by atoms with E-state index in [0.717, 1.165) is 57.0 Å². The number of furan rings is 1. The van der Waals surface area contributed by atoms with E-state index in [1.165, 1.54) is 5.56 Å². The highest BCUT2D eigenvalue weighted by Gasteiger charge is 2.22. The van der Waals surface area contributed by atoms with Crippen molar-refractivity contribution in [3.8, 4) is 0 Å². The standard InChI is InChI=1S/C25H37N5O2/c1-3-14-26-24(31)19-30-16-12-22(13-17-30)29-25(27-15-11-23-10-7-18-32-23)28-20(2)21-8-5-4-6-9-21/h4-10,18,20,22H,3,11-17,19H2,1-2H3,(H,26,31)(H2,27,28,29). The van der Waals surface area contributed by atoms with E-state index in [9.17, 15) is 4.79 Å². The Kier molecular flexibility index (Phi) is 9.62. The van der Waals surface area contributed by atoms with Crippen molar-refractivity contribution in [2.24, 2.45) is 4.99 Å². The van der Waals surface area contributed by atoms with Crippen LogP contribution in [0.15, 0.2) is 58.1 Å². The Morgan fingerprint density at radius 2 is 1.97 bits per heavy atom. The molecule has 1 aliphatic rings. The Balaban J connectivity index is 1.53. The molecule has 7 heteroatoms. The van der Waals surface area contributed by atoms with E-state index < -0.39 is 0 Å². The fraction of sp³-hybridized carbons (Fsp3) is 0.520. The summed E-state index contributed by atoms with van der Waals surface area (Å²) in [7, 11) is 0. The summed E-state index contributed by atoms with van der Waals surface area (Å²) in [6.07, 6.45) is 5.41. The van der Waals surface area contributed by atoms with Gasteiger partial charge in [0.2, 0.25) is 5.91 Å². The molecule has 1 aliphatic heterocycles. The average Bonchev–Trinajstić information content (AvgIpc) is 3.33. The lowest BCUT2D eigenvalue weighted by molar-refractivity contribution is -0.122. The number of carbonyl (C=O) groups excluding carboxylic acids is 1. The van der Waals surface area contributed by atoms with Crippen molar-refractivity contribution in [3.63, 3.8) is 0 Å². The van der Waals surface area contributed by atoms with Crippen molar-refractivity contribution in [1.29, 1.82) is 0 Å². The minimum atomic E-state index is 0.122. The number of aliphatic imine (C=N–C) groups is 1. The molecule has 1 atom stereocenters. The van der Waals surface area contributed by atoms with E-state index in [4.69, 9.17) is 9.41 Å². The summed E-state index contributed by atoms with van der Waals surface area (Å²) in [6, 6.07) is 14.8. The van der Waals surface area contributed by atoms with Crippen molar-refractivity contribution < 1.29 is 9.21 Å². The summed E-state index contributed by atoms with van der Waals surface area (Å²) < 4.78 is 5.44. The molecule has 0 aliphatic carbocycles. The number of amides is 1. The zero-order chi connectivity index (χ0) is 22.6. The maximum Gasteiger partial charge on any atom is 0.234 e. The molecular formula is C25H37N5O2. The van der Waals surface area contributed by atoms with Crippen LogP contribution in [0.25, 0.3) is 0 Å². The number of nitrogens with zero attached hydrogens (tertiary/aromatic N) is 2. The third-order valence-electron chi connectivity index (χ3n) is 5.73. The van der Waals surface area contributed by atoms with Gasteiger partial charge in [0, 0.05) is 38.6 Å². The Hall–Kier alpha value is -2.80. The number of piperidine rings is 1. The lowest BCUT2D eigenvalue weighted by Gasteiger charge is -2.33. The predicted octanol–water partition coefficient (Wildman–Crippen LogP) is 3.11. The van der Waals surface area contributed by atoms with Crippen LogP contribution in [0, 0.1) is 0 Å². The monoisotopic (exact) mass is 439 g/mol. The number of carbonyl (C=O) groups is 1. The first-order valence-electron chi connectivity index (χ1n) is 11.8. The second kappa shape index (κ2) is 12.9. The molecule has 3 rings (SSSR count). The molecule has 1 fully saturated rings. The molecule has 0 spiro atoms. The number of hydrogen-bond donors (Lipinski definition) is 3. The second-order valence-corrected chi connectivity index (χ2v) is 8.38. The topological polar surface area (TPSA) is 81.9 Å². The van der Waals surface area contributed by atoms with Crippen molar-refractivity contribution >= 4 is 11.9 Å². The van der Waals surface area contributed by atoms with Crippen LogP contribution in [0.3, 0.4) is 0 Å². The van der Waals surface area contributed by atoms with Gasteiger partial charge < -0.3 is 20.4 Å². The fourth-order valence-electron chi connectivity index (χ4n) is 3.85. The summed E-state index contributed by atoms with van der Waals surface area (Å²) in [5.74, 6) is 1.89. The Morgan fingerprint density at radius 3 is 2.66 bits per heavy atom. The highest BCUT2D eigenvalue weighted by atomic mass is 16.3. The van der Waals surface area contributed by atoms with Crippen LogP contribution in [0.5, 0.6) is 0 Å². The molecule has 1 saturated heterocycles. The van der Waals surface area contributed by atoms with Crippen LogP contribution >= 0.6 is 0 Å². The first-order valence-corrected chi connectivity index (χ1v) is 11.8. The first-order chi connectivity index (χ1) is 15.6. The molecule has 1 aromatic carbocycles. The van der Waals surface area contributed by atoms with Crippen molar-refractivity contribution in [1.82, 2.24) is 20.9 Å². The summed E-state index contributed by atoms with van der Waals surface area (Å²) in [4.78, 5) is 19.0. The number of nitrogens with one attached hydrogen (secondary N) is 3. The fourth-order valence-corrected chi connectivity index (χ4v) is 3.85. The molecule has 3 N–H and O–H groups in total. The van der Waals surface area contributed by atoms with Crippen molar-refractivity contribution in [3.05, 3.63) is 60.1 Å². The van der Waals surface area contributed by atoms with Crippen LogP contribution in [0.1, 0.15) is 50.5 Å². The van der Waals surface area contributed by atoms with Gasteiger partial charge in [0.25, 0.3) is 0 Å². The van der Waals surface area contributed by atoms with Gasteiger partial charge in [0.05, 0.1) is 18.8 Å². The quantitative estimate of drug-likeness (QED) is 0.391. The van der Waals surface area contributed by atoms with Gasteiger partial charge in [0.15, 0.2) is 5.96 Å². The Morgan fingerprint density at radius 1 is 1.19 bits per heavy atom. The minimum absolute atomic E-state index is 0.122. The number of rotatable bonds is 10. The third-order valence-corrected chi connectivity index (χ3v) is 5.73. The van der Waals surface area contributed by atoms with Crippen molar-refractivity contribution in [2.45, 2.75) is 51.6 Å². The van der Waals surface area contributed by atoms with Gasteiger partial charge >= 0.3 is 0 Å². The number of benzene rings is 1. The van der Waals surface area contributed by atoms with Crippen LogP contribution in [0.4, 0.5) is 0 Å². The van der Waals surface area contributed by atoms with Gasteiger partial charge in [-0.2, -0.15) is 0 Å². The Labute approximate surface area is 191 Å². The van der Waals surface area contributed by atoms with Gasteiger partial charge in [0.1, 0.15) is 5.76 Å². The summed E-state index contributed by atoms with van der Waals surface area (Å²) in [5.41, 5.74) is 1.22. The largest absolute Gasteiger partial charge is 0.469 e.